The highest BCUT2D eigenvalue weighted by Gasteiger charge is 2.39. The highest BCUT2D eigenvalue weighted by molar-refractivity contribution is 5.85. The van der Waals surface area contributed by atoms with E-state index in [1.165, 1.54) is 5.56 Å². The Morgan fingerprint density at radius 2 is 1.76 bits per heavy atom. The zero-order chi connectivity index (χ0) is 14.8. The fourth-order valence-electron chi connectivity index (χ4n) is 2.95. The number of benzene rings is 2. The summed E-state index contributed by atoms with van der Waals surface area (Å²) in [6.07, 6.45) is -0.0485. The molecule has 2 unspecified atom stereocenters. The van der Waals surface area contributed by atoms with Gasteiger partial charge in [-0.3, -0.25) is 10.1 Å². The first kappa shape index (κ1) is 13.8. The molecule has 1 aliphatic heterocycles. The molecule has 0 bridgehead atoms. The van der Waals surface area contributed by atoms with Gasteiger partial charge in [0.1, 0.15) is 12.2 Å². The largest absolute Gasteiger partial charge is 0.322 e. The van der Waals surface area contributed by atoms with E-state index in [0.717, 1.165) is 11.1 Å². The number of amides is 1. The summed E-state index contributed by atoms with van der Waals surface area (Å²) in [6.45, 7) is 4.80. The molecule has 1 fully saturated rings. The molecule has 1 saturated heterocycles. The molecule has 1 amide bonds. The Labute approximate surface area is 125 Å². The predicted octanol–water partition coefficient (Wildman–Crippen LogP) is 3.19. The van der Waals surface area contributed by atoms with Crippen LogP contribution in [0.1, 0.15) is 35.8 Å². The number of carbonyl (C=O) groups excluding carboxylic acids is 1. The molecular formula is C18H20N2O. The molecule has 1 N–H and O–H groups in total. The van der Waals surface area contributed by atoms with E-state index in [0.29, 0.717) is 6.54 Å². The van der Waals surface area contributed by atoms with Gasteiger partial charge in [-0.15, -0.1) is 0 Å². The van der Waals surface area contributed by atoms with Crippen LogP contribution in [0.5, 0.6) is 0 Å². The first-order valence-electron chi connectivity index (χ1n) is 7.38. The maximum atomic E-state index is 12.7. The van der Waals surface area contributed by atoms with Crippen LogP contribution in [0.2, 0.25) is 0 Å². The van der Waals surface area contributed by atoms with Crippen molar-refractivity contribution in [2.24, 2.45) is 0 Å². The molecule has 108 valence electrons. The van der Waals surface area contributed by atoms with Gasteiger partial charge >= 0.3 is 0 Å². The molecule has 3 rings (SSSR count). The number of nitrogens with one attached hydrogen (secondary N) is 1. The van der Waals surface area contributed by atoms with E-state index in [2.05, 4.69) is 30.4 Å². The Morgan fingerprint density at radius 1 is 1.05 bits per heavy atom. The van der Waals surface area contributed by atoms with Crippen molar-refractivity contribution in [3.8, 4) is 0 Å². The van der Waals surface area contributed by atoms with E-state index in [-0.39, 0.29) is 18.1 Å². The highest BCUT2D eigenvalue weighted by Crippen LogP contribution is 2.32. The summed E-state index contributed by atoms with van der Waals surface area (Å²) >= 11 is 0. The lowest BCUT2D eigenvalue weighted by Gasteiger charge is -2.23. The molecule has 0 spiro atoms. The smallest absolute Gasteiger partial charge is 0.245 e. The van der Waals surface area contributed by atoms with E-state index in [9.17, 15) is 4.79 Å². The third kappa shape index (κ3) is 2.57. The van der Waals surface area contributed by atoms with E-state index in [1.54, 1.807) is 0 Å². The summed E-state index contributed by atoms with van der Waals surface area (Å²) in [4.78, 5) is 14.6. The van der Waals surface area contributed by atoms with Gasteiger partial charge < -0.3 is 4.90 Å². The van der Waals surface area contributed by atoms with E-state index in [1.807, 2.05) is 48.2 Å². The van der Waals surface area contributed by atoms with Crippen LogP contribution in [0.25, 0.3) is 0 Å². The summed E-state index contributed by atoms with van der Waals surface area (Å²) in [5, 5.41) is 3.48. The van der Waals surface area contributed by atoms with E-state index in [4.69, 9.17) is 0 Å². The van der Waals surface area contributed by atoms with Gasteiger partial charge in [0.05, 0.1) is 0 Å². The number of hydrogen-bond acceptors (Lipinski definition) is 2. The lowest BCUT2D eigenvalue weighted by molar-refractivity contribution is -0.130. The number of nitrogens with zero attached hydrogens (tertiary/aromatic N) is 1. The molecule has 0 aromatic heterocycles. The van der Waals surface area contributed by atoms with Crippen LogP contribution >= 0.6 is 0 Å². The predicted molar refractivity (Wildman–Crippen MR) is 83.6 cm³/mol. The lowest BCUT2D eigenvalue weighted by atomic mass is 10.1. The summed E-state index contributed by atoms with van der Waals surface area (Å²) in [5.74, 6) is 0.148. The number of likely N-dealkylation sites (N-methyl/N-ethyl adjacent to an activating group) is 1. The van der Waals surface area contributed by atoms with Crippen LogP contribution in [-0.2, 0) is 4.79 Å². The number of aryl methyl sites for hydroxylation is 1. The van der Waals surface area contributed by atoms with Gasteiger partial charge in [0.15, 0.2) is 0 Å². The molecule has 3 heteroatoms. The normalized spacial score (nSPS) is 21.8. The maximum Gasteiger partial charge on any atom is 0.245 e. The van der Waals surface area contributed by atoms with Crippen LogP contribution in [0, 0.1) is 6.92 Å². The molecule has 21 heavy (non-hydrogen) atoms. The minimum atomic E-state index is -0.253. The summed E-state index contributed by atoms with van der Waals surface area (Å²) in [7, 11) is 0. The molecule has 1 heterocycles. The van der Waals surface area contributed by atoms with Gasteiger partial charge in [0.2, 0.25) is 5.91 Å². The Kier molecular flexibility index (Phi) is 3.76. The van der Waals surface area contributed by atoms with Crippen molar-refractivity contribution in [1.29, 1.82) is 0 Å². The van der Waals surface area contributed by atoms with Crippen LogP contribution in [0.4, 0.5) is 0 Å². The van der Waals surface area contributed by atoms with Crippen LogP contribution in [0.3, 0.4) is 0 Å². The highest BCUT2D eigenvalue weighted by atomic mass is 16.2. The third-order valence-corrected chi connectivity index (χ3v) is 4.00. The zero-order valence-corrected chi connectivity index (χ0v) is 12.4. The van der Waals surface area contributed by atoms with Crippen LogP contribution in [0.15, 0.2) is 54.6 Å². The molecule has 3 nitrogen and oxygen atoms in total. The lowest BCUT2D eigenvalue weighted by Crippen LogP contribution is -2.29. The summed E-state index contributed by atoms with van der Waals surface area (Å²) < 4.78 is 0. The molecule has 2 aromatic carbocycles. The second kappa shape index (κ2) is 5.70. The number of rotatable bonds is 3. The average molecular weight is 280 g/mol. The second-order valence-electron chi connectivity index (χ2n) is 5.45. The van der Waals surface area contributed by atoms with Crippen LogP contribution in [-0.4, -0.2) is 17.4 Å². The number of carbonyl (C=O) groups is 1. The monoisotopic (exact) mass is 280 g/mol. The maximum absolute atomic E-state index is 12.7. The Balaban J connectivity index is 1.94. The minimum Gasteiger partial charge on any atom is -0.322 e. The van der Waals surface area contributed by atoms with E-state index < -0.39 is 0 Å². The molecule has 0 aliphatic carbocycles. The SMILES string of the molecule is CCN1C(=O)C(c2ccccc2)NC1c1cccc(C)c1. The van der Waals surface area contributed by atoms with E-state index >= 15 is 0 Å². The van der Waals surface area contributed by atoms with Crippen molar-refractivity contribution in [3.05, 3.63) is 71.3 Å². The molecule has 0 saturated carbocycles. The Morgan fingerprint density at radius 3 is 2.43 bits per heavy atom. The third-order valence-electron chi connectivity index (χ3n) is 4.00. The summed E-state index contributed by atoms with van der Waals surface area (Å²) in [5.41, 5.74) is 3.38. The van der Waals surface area contributed by atoms with Gasteiger partial charge in [-0.25, -0.2) is 0 Å². The van der Waals surface area contributed by atoms with Crippen molar-refractivity contribution in [2.75, 3.05) is 6.54 Å². The molecule has 2 aromatic rings. The van der Waals surface area contributed by atoms with Gasteiger partial charge in [0.25, 0.3) is 0 Å². The Hall–Kier alpha value is -2.13. The molecule has 1 aliphatic rings. The summed E-state index contributed by atoms with van der Waals surface area (Å²) in [6, 6.07) is 18.0. The Bertz CT molecular complexity index is 639. The van der Waals surface area contributed by atoms with Gasteiger partial charge in [-0.2, -0.15) is 0 Å². The number of hydrogen-bond donors (Lipinski definition) is 1. The quantitative estimate of drug-likeness (QED) is 0.936. The zero-order valence-electron chi connectivity index (χ0n) is 12.4. The van der Waals surface area contributed by atoms with Gasteiger partial charge in [-0.05, 0) is 25.0 Å². The van der Waals surface area contributed by atoms with Crippen molar-refractivity contribution >= 4 is 5.91 Å². The first-order valence-corrected chi connectivity index (χ1v) is 7.38. The van der Waals surface area contributed by atoms with Crippen molar-refractivity contribution < 1.29 is 4.79 Å². The van der Waals surface area contributed by atoms with Crippen molar-refractivity contribution in [1.82, 2.24) is 10.2 Å². The first-order chi connectivity index (χ1) is 10.2. The topological polar surface area (TPSA) is 32.3 Å². The molecule has 2 atom stereocenters. The minimum absolute atomic E-state index is 0.0485. The van der Waals surface area contributed by atoms with Gasteiger partial charge in [-0.1, -0.05) is 60.2 Å². The fourth-order valence-corrected chi connectivity index (χ4v) is 2.95. The standard InChI is InChI=1S/C18H20N2O/c1-3-20-17(15-11-7-8-13(2)12-15)19-16(18(20)21)14-9-5-4-6-10-14/h4-12,16-17,19H,3H2,1-2H3. The molecule has 0 radical (unpaired) electrons. The van der Waals surface area contributed by atoms with Gasteiger partial charge in [0, 0.05) is 6.54 Å². The molecular weight excluding hydrogens is 260 g/mol. The van der Waals surface area contributed by atoms with Crippen molar-refractivity contribution in [3.63, 3.8) is 0 Å². The van der Waals surface area contributed by atoms with Crippen molar-refractivity contribution in [2.45, 2.75) is 26.1 Å². The van der Waals surface area contributed by atoms with Crippen LogP contribution < -0.4 is 5.32 Å². The second-order valence-corrected chi connectivity index (χ2v) is 5.45. The average Bonchev–Trinajstić information content (AvgIpc) is 2.85. The fraction of sp³-hybridized carbons (Fsp3) is 0.278.